The van der Waals surface area contributed by atoms with E-state index < -0.39 is 5.76 Å². The summed E-state index contributed by atoms with van der Waals surface area (Å²) in [5.41, 5.74) is 5.91. The molecule has 1 unspecified atom stereocenters. The second kappa shape index (κ2) is 7.33. The number of hydrogen-bond donors (Lipinski definition) is 1. The molecule has 4 rings (SSSR count). The SMILES string of the molecule is O=c1occn1-c1ccccc1COC1C=CN(c2ccccc2Br)N1. The van der Waals surface area contributed by atoms with Gasteiger partial charge in [0.05, 0.1) is 24.2 Å². The summed E-state index contributed by atoms with van der Waals surface area (Å²) in [5, 5.41) is 1.90. The molecule has 1 aromatic heterocycles. The number of anilines is 1. The maximum atomic E-state index is 11.8. The first-order valence-electron chi connectivity index (χ1n) is 8.07. The van der Waals surface area contributed by atoms with Crippen LogP contribution < -0.4 is 16.2 Å². The Kier molecular flexibility index (Phi) is 4.75. The van der Waals surface area contributed by atoms with Crippen LogP contribution in [0.15, 0.2) is 87.0 Å². The van der Waals surface area contributed by atoms with Crippen LogP contribution in [0.4, 0.5) is 5.69 Å². The molecule has 2 aromatic carbocycles. The fraction of sp³-hybridized carbons (Fsp3) is 0.105. The maximum absolute atomic E-state index is 11.8. The number of nitrogens with zero attached hydrogens (tertiary/aromatic N) is 2. The van der Waals surface area contributed by atoms with Crippen molar-refractivity contribution in [2.45, 2.75) is 12.8 Å². The van der Waals surface area contributed by atoms with Gasteiger partial charge in [0.25, 0.3) is 0 Å². The van der Waals surface area contributed by atoms with Gasteiger partial charge < -0.3 is 9.15 Å². The largest absolute Gasteiger partial charge is 0.423 e. The van der Waals surface area contributed by atoms with E-state index in [1.165, 1.54) is 10.8 Å². The zero-order valence-electron chi connectivity index (χ0n) is 13.7. The zero-order valence-corrected chi connectivity index (χ0v) is 15.3. The Bertz CT molecular complexity index is 995. The molecule has 0 aliphatic carbocycles. The van der Waals surface area contributed by atoms with Gasteiger partial charge in [0.1, 0.15) is 12.5 Å². The second-order valence-corrected chi connectivity index (χ2v) is 6.55. The fourth-order valence-corrected chi connectivity index (χ4v) is 3.25. The van der Waals surface area contributed by atoms with E-state index in [4.69, 9.17) is 9.15 Å². The summed E-state index contributed by atoms with van der Waals surface area (Å²) in [5.74, 6) is -0.420. The Hall–Kier alpha value is -2.61. The molecule has 0 saturated heterocycles. The van der Waals surface area contributed by atoms with E-state index in [2.05, 4.69) is 21.4 Å². The van der Waals surface area contributed by atoms with Gasteiger partial charge in [0.2, 0.25) is 0 Å². The van der Waals surface area contributed by atoms with Gasteiger partial charge in [-0.3, -0.25) is 5.01 Å². The third-order valence-corrected chi connectivity index (χ3v) is 4.70. The van der Waals surface area contributed by atoms with Crippen molar-refractivity contribution in [2.75, 3.05) is 5.01 Å². The molecular formula is C19H16BrN3O3. The molecule has 1 atom stereocenters. The summed E-state index contributed by atoms with van der Waals surface area (Å²) >= 11 is 3.54. The van der Waals surface area contributed by atoms with Gasteiger partial charge in [-0.25, -0.2) is 9.36 Å². The first-order chi connectivity index (χ1) is 12.7. The fourth-order valence-electron chi connectivity index (χ4n) is 2.77. The average molecular weight is 414 g/mol. The van der Waals surface area contributed by atoms with Crippen LogP contribution in [0.3, 0.4) is 0 Å². The highest BCUT2D eigenvalue weighted by Crippen LogP contribution is 2.27. The number of para-hydroxylation sites is 2. The van der Waals surface area contributed by atoms with E-state index in [-0.39, 0.29) is 6.23 Å². The lowest BCUT2D eigenvalue weighted by Gasteiger charge is -2.21. The molecule has 1 aliphatic heterocycles. The minimum atomic E-state index is -0.420. The van der Waals surface area contributed by atoms with E-state index in [1.54, 1.807) is 6.20 Å². The molecule has 1 aliphatic rings. The standard InChI is InChI=1S/C19H16BrN3O3/c20-15-6-2-4-8-17(15)23-10-9-18(21-23)26-13-14-5-1-3-7-16(14)22-11-12-25-19(22)24/h1-12,18,21H,13H2. The van der Waals surface area contributed by atoms with Crippen molar-refractivity contribution in [1.29, 1.82) is 0 Å². The van der Waals surface area contributed by atoms with Gasteiger partial charge in [-0.2, -0.15) is 5.43 Å². The summed E-state index contributed by atoms with van der Waals surface area (Å²) in [6.07, 6.45) is 6.57. The molecule has 0 amide bonds. The Morgan fingerprint density at radius 2 is 1.88 bits per heavy atom. The summed E-state index contributed by atoms with van der Waals surface area (Å²) in [4.78, 5) is 11.8. The molecule has 3 aromatic rings. The van der Waals surface area contributed by atoms with Gasteiger partial charge in [-0.15, -0.1) is 0 Å². The van der Waals surface area contributed by atoms with Crippen LogP contribution >= 0.6 is 15.9 Å². The predicted octanol–water partition coefficient (Wildman–Crippen LogP) is 3.57. The molecule has 6 nitrogen and oxygen atoms in total. The smallest absolute Gasteiger partial charge is 0.416 e. The molecular weight excluding hydrogens is 398 g/mol. The normalized spacial score (nSPS) is 16.3. The number of oxazole rings is 1. The second-order valence-electron chi connectivity index (χ2n) is 5.69. The molecule has 26 heavy (non-hydrogen) atoms. The number of benzene rings is 2. The summed E-state index contributed by atoms with van der Waals surface area (Å²) in [6, 6.07) is 15.5. The van der Waals surface area contributed by atoms with Crippen LogP contribution in [0.1, 0.15) is 5.56 Å². The molecule has 0 bridgehead atoms. The molecule has 7 heteroatoms. The highest BCUT2D eigenvalue weighted by molar-refractivity contribution is 9.10. The van der Waals surface area contributed by atoms with E-state index >= 15 is 0 Å². The van der Waals surface area contributed by atoms with Gasteiger partial charge in [-0.05, 0) is 40.2 Å². The number of hydrogen-bond acceptors (Lipinski definition) is 5. The van der Waals surface area contributed by atoms with E-state index in [0.29, 0.717) is 6.61 Å². The Morgan fingerprint density at radius 1 is 1.12 bits per heavy atom. The molecule has 1 N–H and O–H groups in total. The van der Waals surface area contributed by atoms with Gasteiger partial charge >= 0.3 is 5.76 Å². The number of aromatic nitrogens is 1. The van der Waals surface area contributed by atoms with Crippen LogP contribution in [0.25, 0.3) is 5.69 Å². The van der Waals surface area contributed by atoms with Crippen LogP contribution in [-0.2, 0) is 11.3 Å². The average Bonchev–Trinajstić information content (AvgIpc) is 3.30. The number of rotatable bonds is 5. The van der Waals surface area contributed by atoms with Crippen LogP contribution in [0, 0.1) is 0 Å². The van der Waals surface area contributed by atoms with Crippen molar-refractivity contribution in [3.05, 3.63) is 93.9 Å². The minimum Gasteiger partial charge on any atom is -0.416 e. The Labute approximate surface area is 158 Å². The first kappa shape index (κ1) is 16.8. The minimum absolute atomic E-state index is 0.267. The first-order valence-corrected chi connectivity index (χ1v) is 8.86. The maximum Gasteiger partial charge on any atom is 0.423 e. The van der Waals surface area contributed by atoms with Crippen LogP contribution in [-0.4, -0.2) is 10.8 Å². The molecule has 132 valence electrons. The van der Waals surface area contributed by atoms with Crippen molar-refractivity contribution in [3.8, 4) is 5.69 Å². The topological polar surface area (TPSA) is 59.6 Å². The van der Waals surface area contributed by atoms with Crippen molar-refractivity contribution in [2.24, 2.45) is 0 Å². The molecule has 0 saturated carbocycles. The van der Waals surface area contributed by atoms with Crippen molar-refractivity contribution >= 4 is 21.6 Å². The third kappa shape index (κ3) is 3.37. The summed E-state index contributed by atoms with van der Waals surface area (Å²) < 4.78 is 13.3. The van der Waals surface area contributed by atoms with Crippen molar-refractivity contribution in [1.82, 2.24) is 9.99 Å². The van der Waals surface area contributed by atoms with Crippen LogP contribution in [0.2, 0.25) is 0 Å². The van der Waals surface area contributed by atoms with Crippen LogP contribution in [0.5, 0.6) is 0 Å². The van der Waals surface area contributed by atoms with E-state index in [9.17, 15) is 4.79 Å². The monoisotopic (exact) mass is 413 g/mol. The lowest BCUT2D eigenvalue weighted by Crippen LogP contribution is -2.37. The van der Waals surface area contributed by atoms with E-state index in [0.717, 1.165) is 21.4 Å². The quantitative estimate of drug-likeness (QED) is 0.692. The lowest BCUT2D eigenvalue weighted by atomic mass is 10.2. The highest BCUT2D eigenvalue weighted by Gasteiger charge is 2.19. The highest BCUT2D eigenvalue weighted by atomic mass is 79.9. The van der Waals surface area contributed by atoms with Gasteiger partial charge in [-0.1, -0.05) is 30.3 Å². The summed E-state index contributed by atoms with van der Waals surface area (Å²) in [7, 11) is 0. The van der Waals surface area contributed by atoms with Gasteiger partial charge in [0, 0.05) is 16.2 Å². The molecule has 0 radical (unpaired) electrons. The zero-order chi connectivity index (χ0) is 17.9. The number of ether oxygens (including phenoxy) is 1. The predicted molar refractivity (Wildman–Crippen MR) is 102 cm³/mol. The molecule has 0 spiro atoms. The van der Waals surface area contributed by atoms with Gasteiger partial charge in [0.15, 0.2) is 0 Å². The number of halogens is 1. The number of hydrazine groups is 1. The Morgan fingerprint density at radius 3 is 2.65 bits per heavy atom. The molecule has 0 fully saturated rings. The third-order valence-electron chi connectivity index (χ3n) is 4.03. The van der Waals surface area contributed by atoms with Crippen molar-refractivity contribution < 1.29 is 9.15 Å². The van der Waals surface area contributed by atoms with E-state index in [1.807, 2.05) is 65.8 Å². The number of nitrogens with one attached hydrogen (secondary N) is 1. The Balaban J connectivity index is 1.45. The molecule has 2 heterocycles. The summed E-state index contributed by atoms with van der Waals surface area (Å²) in [6.45, 7) is 0.347. The van der Waals surface area contributed by atoms with Crippen molar-refractivity contribution in [3.63, 3.8) is 0 Å². The lowest BCUT2D eigenvalue weighted by molar-refractivity contribution is 0.0556.